The van der Waals surface area contributed by atoms with E-state index in [1.165, 1.54) is 70.2 Å². The second-order valence-electron chi connectivity index (χ2n) is 12.4. The van der Waals surface area contributed by atoms with Crippen molar-refractivity contribution in [3.63, 3.8) is 0 Å². The van der Waals surface area contributed by atoms with Crippen LogP contribution in [0.5, 0.6) is 5.75 Å². The molecule has 3 aromatic carbocycles. The van der Waals surface area contributed by atoms with Crippen LogP contribution < -0.4 is 4.74 Å². The van der Waals surface area contributed by atoms with Gasteiger partial charge < -0.3 is 4.74 Å². The summed E-state index contributed by atoms with van der Waals surface area (Å²) in [5.74, 6) is 2.81. The first-order valence-electron chi connectivity index (χ1n) is 16.4. The third-order valence-electron chi connectivity index (χ3n) is 10.4. The number of aryl methyl sites for hydroxylation is 1. The molecule has 216 valence electrons. The quantitative estimate of drug-likeness (QED) is 0.223. The maximum absolute atomic E-state index is 6.76. The summed E-state index contributed by atoms with van der Waals surface area (Å²) >= 11 is 0. The zero-order chi connectivity index (χ0) is 28.7. The molecule has 0 radical (unpaired) electrons. The van der Waals surface area contributed by atoms with Crippen LogP contribution in [0.3, 0.4) is 0 Å². The average Bonchev–Trinajstić information content (AvgIpc) is 3.01. The first-order chi connectivity index (χ1) is 19.4. The Bertz CT molecular complexity index is 1200. The van der Waals surface area contributed by atoms with Crippen molar-refractivity contribution in [2.75, 3.05) is 6.61 Å². The predicted molar refractivity (Wildman–Crippen MR) is 175 cm³/mol. The molecule has 0 amide bonds. The molecule has 1 saturated carbocycles. The van der Waals surface area contributed by atoms with Crippen LogP contribution in [0.1, 0.15) is 122 Å². The largest absolute Gasteiger partial charge is 0.492 e. The van der Waals surface area contributed by atoms with E-state index in [0.717, 1.165) is 62.7 Å². The Balaban J connectivity index is 1.61. The van der Waals surface area contributed by atoms with E-state index in [-0.39, 0.29) is 5.41 Å². The number of benzene rings is 3. The Hall–Kier alpha value is -2.54. The maximum atomic E-state index is 6.76. The molecule has 4 rings (SSSR count). The van der Waals surface area contributed by atoms with Crippen LogP contribution in [0.4, 0.5) is 0 Å². The van der Waals surface area contributed by atoms with Crippen molar-refractivity contribution in [1.82, 2.24) is 0 Å². The summed E-state index contributed by atoms with van der Waals surface area (Å²) in [6, 6.07) is 21.1. The number of rotatable bonds is 12. The van der Waals surface area contributed by atoms with E-state index in [1.54, 1.807) is 0 Å². The molecular weight excluding hydrogens is 484 g/mol. The molecule has 0 heterocycles. The average molecular weight is 539 g/mol. The van der Waals surface area contributed by atoms with Gasteiger partial charge in [0.25, 0.3) is 0 Å². The van der Waals surface area contributed by atoms with E-state index < -0.39 is 0 Å². The smallest absolute Gasteiger partial charge is 0.125 e. The molecule has 0 spiro atoms. The fourth-order valence-electron chi connectivity index (χ4n) is 6.96. The monoisotopic (exact) mass is 538 g/mol. The highest BCUT2D eigenvalue weighted by molar-refractivity contribution is 5.75. The fraction of sp³-hybridized carbons (Fsp3) is 0.538. The van der Waals surface area contributed by atoms with Crippen LogP contribution in [0, 0.1) is 11.3 Å². The zero-order valence-electron chi connectivity index (χ0n) is 26.5. The van der Waals surface area contributed by atoms with Crippen molar-refractivity contribution in [2.45, 2.75) is 119 Å². The van der Waals surface area contributed by atoms with Gasteiger partial charge >= 0.3 is 0 Å². The molecule has 0 N–H and O–H groups in total. The number of hydrogen-bond acceptors (Lipinski definition) is 1. The summed E-state index contributed by atoms with van der Waals surface area (Å²) in [6.45, 7) is 17.0. The Morgan fingerprint density at radius 3 is 1.68 bits per heavy atom. The van der Waals surface area contributed by atoms with Gasteiger partial charge in [-0.2, -0.15) is 0 Å². The lowest BCUT2D eigenvalue weighted by Gasteiger charge is -2.32. The lowest BCUT2D eigenvalue weighted by molar-refractivity contribution is 0.126. The third kappa shape index (κ3) is 6.50. The van der Waals surface area contributed by atoms with Gasteiger partial charge in [0.05, 0.1) is 6.61 Å². The molecular formula is C39H54O. The van der Waals surface area contributed by atoms with Crippen molar-refractivity contribution in [3.8, 4) is 28.0 Å². The number of ether oxygens (including phenoxy) is 1. The van der Waals surface area contributed by atoms with Gasteiger partial charge in [-0.3, -0.25) is 0 Å². The molecule has 0 unspecified atom stereocenters. The molecule has 1 heteroatoms. The van der Waals surface area contributed by atoms with Gasteiger partial charge in [-0.1, -0.05) is 110 Å². The molecule has 0 aromatic heterocycles. The maximum Gasteiger partial charge on any atom is 0.125 e. The van der Waals surface area contributed by atoms with Gasteiger partial charge in [0.2, 0.25) is 0 Å². The third-order valence-corrected chi connectivity index (χ3v) is 10.4. The Labute approximate surface area is 245 Å². The molecule has 0 saturated heterocycles. The Morgan fingerprint density at radius 1 is 0.650 bits per heavy atom. The molecule has 1 fully saturated rings. The molecule has 0 atom stereocenters. The summed E-state index contributed by atoms with van der Waals surface area (Å²) < 4.78 is 6.76. The molecule has 0 aliphatic heterocycles. The van der Waals surface area contributed by atoms with Crippen LogP contribution in [-0.4, -0.2) is 6.61 Å². The van der Waals surface area contributed by atoms with Gasteiger partial charge in [0.15, 0.2) is 0 Å². The number of hydrogen-bond donors (Lipinski definition) is 0. The standard InChI is InChI=1S/C39H54O/c1-8-29-26-37(35(9-2)36(10-3)38(29)40-27-39(11-4,12-5)13-6)34-24-22-33(23-25-34)32-20-18-31(19-21-32)30-16-14-28(7)15-17-30/h18-26,28,30H,8-17,27H2,1-7H3. The van der Waals surface area contributed by atoms with Gasteiger partial charge in [-0.05, 0) is 114 Å². The van der Waals surface area contributed by atoms with Crippen LogP contribution >= 0.6 is 0 Å². The molecule has 40 heavy (non-hydrogen) atoms. The second kappa shape index (κ2) is 13.9. The molecule has 1 aliphatic carbocycles. The van der Waals surface area contributed by atoms with E-state index in [9.17, 15) is 0 Å². The van der Waals surface area contributed by atoms with E-state index in [2.05, 4.69) is 103 Å². The van der Waals surface area contributed by atoms with Gasteiger partial charge in [0, 0.05) is 5.41 Å². The zero-order valence-corrected chi connectivity index (χ0v) is 26.5. The molecule has 0 bridgehead atoms. The fourth-order valence-corrected chi connectivity index (χ4v) is 6.96. The minimum atomic E-state index is 0.268. The Morgan fingerprint density at radius 2 is 1.18 bits per heavy atom. The van der Waals surface area contributed by atoms with Crippen LogP contribution in [-0.2, 0) is 19.3 Å². The van der Waals surface area contributed by atoms with Crippen LogP contribution in [0.15, 0.2) is 54.6 Å². The highest BCUT2D eigenvalue weighted by Gasteiger charge is 2.27. The first-order valence-corrected chi connectivity index (χ1v) is 16.4. The van der Waals surface area contributed by atoms with Crippen molar-refractivity contribution in [2.24, 2.45) is 11.3 Å². The van der Waals surface area contributed by atoms with Gasteiger partial charge in [-0.25, -0.2) is 0 Å². The van der Waals surface area contributed by atoms with Crippen molar-refractivity contribution in [1.29, 1.82) is 0 Å². The van der Waals surface area contributed by atoms with Crippen molar-refractivity contribution >= 4 is 0 Å². The lowest BCUT2D eigenvalue weighted by atomic mass is 9.79. The summed E-state index contributed by atoms with van der Waals surface area (Å²) in [6.07, 6.45) is 11.9. The highest BCUT2D eigenvalue weighted by Crippen LogP contribution is 2.40. The lowest BCUT2D eigenvalue weighted by Crippen LogP contribution is -2.27. The second-order valence-corrected chi connectivity index (χ2v) is 12.4. The predicted octanol–water partition coefficient (Wildman–Crippen LogP) is 11.6. The van der Waals surface area contributed by atoms with E-state index in [1.807, 2.05) is 0 Å². The molecule has 1 nitrogen and oxygen atoms in total. The van der Waals surface area contributed by atoms with Crippen LogP contribution in [0.25, 0.3) is 22.3 Å². The van der Waals surface area contributed by atoms with Gasteiger partial charge in [0.1, 0.15) is 5.75 Å². The molecule has 1 aliphatic rings. The SMILES string of the molecule is CCc1cc(-c2ccc(-c3ccc(C4CCC(C)CC4)cc3)cc2)c(CC)c(CC)c1OCC(CC)(CC)CC. The minimum absolute atomic E-state index is 0.268. The summed E-state index contributed by atoms with van der Waals surface area (Å²) in [7, 11) is 0. The van der Waals surface area contributed by atoms with E-state index in [0.29, 0.717) is 0 Å². The summed E-state index contributed by atoms with van der Waals surface area (Å²) in [4.78, 5) is 0. The van der Waals surface area contributed by atoms with Crippen LogP contribution in [0.2, 0.25) is 0 Å². The van der Waals surface area contributed by atoms with Crippen molar-refractivity contribution < 1.29 is 4.74 Å². The Kier molecular flexibility index (Phi) is 10.6. The normalized spacial score (nSPS) is 17.7. The van der Waals surface area contributed by atoms with Crippen molar-refractivity contribution in [3.05, 3.63) is 76.9 Å². The summed E-state index contributed by atoms with van der Waals surface area (Å²) in [5, 5.41) is 0. The summed E-state index contributed by atoms with van der Waals surface area (Å²) in [5.41, 5.74) is 11.3. The van der Waals surface area contributed by atoms with E-state index >= 15 is 0 Å². The van der Waals surface area contributed by atoms with E-state index in [4.69, 9.17) is 4.74 Å². The highest BCUT2D eigenvalue weighted by atomic mass is 16.5. The minimum Gasteiger partial charge on any atom is -0.492 e. The first kappa shape index (κ1) is 30.4. The topological polar surface area (TPSA) is 9.23 Å². The van der Waals surface area contributed by atoms with Gasteiger partial charge in [-0.15, -0.1) is 0 Å². The molecule has 3 aromatic rings.